The van der Waals surface area contributed by atoms with Crippen LogP contribution in [0.5, 0.6) is 0 Å². The van der Waals surface area contributed by atoms with Gasteiger partial charge in [-0.2, -0.15) is 13.7 Å². The van der Waals surface area contributed by atoms with Gasteiger partial charge in [-0.05, 0) is 23.6 Å². The predicted octanol–water partition coefficient (Wildman–Crippen LogP) is 5.48. The minimum Gasteiger partial charge on any atom is -0.462 e. The molecule has 1 heterocycles. The van der Waals surface area contributed by atoms with E-state index in [0.717, 1.165) is 34.4 Å². The van der Waals surface area contributed by atoms with E-state index in [2.05, 4.69) is 24.6 Å². The summed E-state index contributed by atoms with van der Waals surface area (Å²) in [6.45, 7) is 1.83. The summed E-state index contributed by atoms with van der Waals surface area (Å²) >= 11 is 1.00. The van der Waals surface area contributed by atoms with Crippen molar-refractivity contribution in [3.63, 3.8) is 0 Å². The maximum atomic E-state index is 14.6. The lowest BCUT2D eigenvalue weighted by Crippen LogP contribution is -2.38. The zero-order valence-corrected chi connectivity index (χ0v) is 19.7. The largest absolute Gasteiger partial charge is 0.462 e. The van der Waals surface area contributed by atoms with Crippen LogP contribution in [0.4, 0.5) is 9.52 Å². The van der Waals surface area contributed by atoms with Crippen LogP contribution in [0.15, 0.2) is 96.2 Å². The first kappa shape index (κ1) is 24.0. The summed E-state index contributed by atoms with van der Waals surface area (Å²) in [5, 5.41) is 7.23. The number of oxime groups is 1. The number of carbonyl (C=O) groups excluding carboxylic acids is 1. The molecule has 0 saturated carbocycles. The Labute approximate surface area is 206 Å². The second-order valence-corrected chi connectivity index (χ2v) is 8.09. The summed E-state index contributed by atoms with van der Waals surface area (Å²) < 4.78 is 23.3. The van der Waals surface area contributed by atoms with Gasteiger partial charge in [-0.25, -0.2) is 4.79 Å². The van der Waals surface area contributed by atoms with Crippen LogP contribution in [0, 0.1) is 0 Å². The lowest BCUT2D eigenvalue weighted by atomic mass is 9.77. The molecule has 7 nitrogen and oxygen atoms in total. The lowest BCUT2D eigenvalue weighted by Gasteiger charge is -2.36. The van der Waals surface area contributed by atoms with Gasteiger partial charge < -0.3 is 14.9 Å². The quantitative estimate of drug-likeness (QED) is 0.137. The summed E-state index contributed by atoms with van der Waals surface area (Å²) in [5.41, 5.74) is 2.10. The molecule has 1 atom stereocenters. The SMILES string of the molecule is CCOC(=O)/C=N\OC(F)c1nsc(NC(c2ccccc2)(c2ccccc2)c2ccccc2)n1. The van der Waals surface area contributed by atoms with Crippen LogP contribution in [-0.2, 0) is 19.9 Å². The number of benzene rings is 3. The highest BCUT2D eigenvalue weighted by Gasteiger charge is 2.37. The fourth-order valence-corrected chi connectivity index (χ4v) is 4.31. The number of halogens is 1. The average molecular weight is 491 g/mol. The zero-order chi connectivity index (χ0) is 24.5. The maximum absolute atomic E-state index is 14.6. The van der Waals surface area contributed by atoms with Crippen molar-refractivity contribution in [2.45, 2.75) is 18.8 Å². The van der Waals surface area contributed by atoms with Crippen LogP contribution in [0.3, 0.4) is 0 Å². The second kappa shape index (κ2) is 11.3. The van der Waals surface area contributed by atoms with Crippen molar-refractivity contribution in [1.82, 2.24) is 9.36 Å². The summed E-state index contributed by atoms with van der Waals surface area (Å²) in [6, 6.07) is 29.8. The second-order valence-electron chi connectivity index (χ2n) is 7.34. The molecule has 0 saturated heterocycles. The minimum absolute atomic E-state index is 0.179. The van der Waals surface area contributed by atoms with Crippen LogP contribution in [0.2, 0.25) is 0 Å². The molecule has 0 bridgehead atoms. The Morgan fingerprint density at radius 2 is 1.51 bits per heavy atom. The van der Waals surface area contributed by atoms with E-state index < -0.39 is 17.9 Å². The van der Waals surface area contributed by atoms with Gasteiger partial charge in [-0.15, -0.1) is 0 Å². The van der Waals surface area contributed by atoms with Gasteiger partial charge in [0.15, 0.2) is 6.21 Å². The molecule has 0 fully saturated rings. The first-order valence-electron chi connectivity index (χ1n) is 10.9. The van der Waals surface area contributed by atoms with E-state index in [0.29, 0.717) is 5.13 Å². The maximum Gasteiger partial charge on any atom is 0.352 e. The molecule has 9 heteroatoms. The Morgan fingerprint density at radius 1 is 1.00 bits per heavy atom. The standard InChI is InChI=1S/C26H23FN4O3S/c1-2-33-22(32)18-28-34-23(27)24-29-25(35-31-24)30-26(19-12-6-3-7-13-19,20-14-8-4-9-15-20)21-16-10-5-11-17-21/h3-18,23H,2H2,1H3,(H,29,30,31)/b28-18-. The third-order valence-electron chi connectivity index (χ3n) is 5.16. The molecule has 3 aromatic carbocycles. The number of aromatic nitrogens is 2. The highest BCUT2D eigenvalue weighted by molar-refractivity contribution is 7.09. The van der Waals surface area contributed by atoms with Crippen LogP contribution in [-0.4, -0.2) is 28.1 Å². The van der Waals surface area contributed by atoms with Crippen molar-refractivity contribution < 1.29 is 18.8 Å². The number of ether oxygens (including phenoxy) is 1. The molecule has 0 aliphatic heterocycles. The molecule has 0 radical (unpaired) electrons. The first-order chi connectivity index (χ1) is 17.1. The Hall–Kier alpha value is -4.11. The Balaban J connectivity index is 1.69. The average Bonchev–Trinajstić information content (AvgIpc) is 3.37. The molecule has 4 aromatic rings. The van der Waals surface area contributed by atoms with Gasteiger partial charge in [0.1, 0.15) is 5.54 Å². The highest BCUT2D eigenvalue weighted by atomic mass is 32.1. The Morgan fingerprint density at radius 3 is 2.00 bits per heavy atom. The smallest absolute Gasteiger partial charge is 0.352 e. The van der Waals surface area contributed by atoms with Crippen molar-refractivity contribution in [2.75, 3.05) is 11.9 Å². The van der Waals surface area contributed by atoms with Crippen molar-refractivity contribution in [1.29, 1.82) is 0 Å². The topological polar surface area (TPSA) is 85.7 Å². The van der Waals surface area contributed by atoms with Gasteiger partial charge in [-0.3, -0.25) is 0 Å². The summed E-state index contributed by atoms with van der Waals surface area (Å²) in [5.74, 6) is -0.937. The van der Waals surface area contributed by atoms with E-state index in [1.54, 1.807) is 6.92 Å². The summed E-state index contributed by atoms with van der Waals surface area (Å²) in [4.78, 5) is 20.3. The van der Waals surface area contributed by atoms with Gasteiger partial charge in [0.05, 0.1) is 6.61 Å². The van der Waals surface area contributed by atoms with E-state index in [1.807, 2.05) is 91.0 Å². The van der Waals surface area contributed by atoms with Crippen molar-refractivity contribution in [3.8, 4) is 0 Å². The number of hydrogen-bond donors (Lipinski definition) is 1. The highest BCUT2D eigenvalue weighted by Crippen LogP contribution is 2.40. The van der Waals surface area contributed by atoms with E-state index in [4.69, 9.17) is 4.84 Å². The van der Waals surface area contributed by atoms with Crippen molar-refractivity contribution in [3.05, 3.63) is 114 Å². The fourth-order valence-electron chi connectivity index (χ4n) is 3.67. The zero-order valence-electron chi connectivity index (χ0n) is 18.9. The molecule has 0 amide bonds. The first-order valence-corrected chi connectivity index (χ1v) is 11.7. The number of rotatable bonds is 10. The van der Waals surface area contributed by atoms with Crippen LogP contribution in [0.1, 0.15) is 35.8 Å². The molecule has 1 unspecified atom stereocenters. The Bertz CT molecular complexity index is 1160. The van der Waals surface area contributed by atoms with Crippen molar-refractivity contribution >= 4 is 28.8 Å². The third kappa shape index (κ3) is 5.52. The molecule has 35 heavy (non-hydrogen) atoms. The summed E-state index contributed by atoms with van der Waals surface area (Å²) in [6.07, 6.45) is -1.29. The van der Waals surface area contributed by atoms with E-state index in [1.165, 1.54) is 0 Å². The minimum atomic E-state index is -2.05. The van der Waals surface area contributed by atoms with Gasteiger partial charge in [-0.1, -0.05) is 96.2 Å². The molecular formula is C26H23FN4O3S. The van der Waals surface area contributed by atoms with E-state index in [-0.39, 0.29) is 12.4 Å². The van der Waals surface area contributed by atoms with E-state index >= 15 is 0 Å². The van der Waals surface area contributed by atoms with Crippen LogP contribution >= 0.6 is 11.5 Å². The molecule has 1 N–H and O–H groups in total. The number of esters is 1. The number of nitrogens with zero attached hydrogens (tertiary/aromatic N) is 3. The number of nitrogens with one attached hydrogen (secondary N) is 1. The molecule has 0 aliphatic carbocycles. The van der Waals surface area contributed by atoms with Gasteiger partial charge in [0.2, 0.25) is 11.0 Å². The van der Waals surface area contributed by atoms with Crippen molar-refractivity contribution in [2.24, 2.45) is 5.16 Å². The number of alkyl halides is 1. The van der Waals surface area contributed by atoms with E-state index in [9.17, 15) is 9.18 Å². The number of carbonyl (C=O) groups is 1. The predicted molar refractivity (Wildman–Crippen MR) is 133 cm³/mol. The molecule has 0 spiro atoms. The summed E-state index contributed by atoms with van der Waals surface area (Å²) in [7, 11) is 0. The van der Waals surface area contributed by atoms with Crippen LogP contribution < -0.4 is 5.32 Å². The molecular weight excluding hydrogens is 467 g/mol. The van der Waals surface area contributed by atoms with Gasteiger partial charge >= 0.3 is 12.3 Å². The molecule has 1 aromatic heterocycles. The monoisotopic (exact) mass is 490 g/mol. The molecule has 4 rings (SSSR count). The third-order valence-corrected chi connectivity index (χ3v) is 5.80. The molecule has 0 aliphatic rings. The van der Waals surface area contributed by atoms with Gasteiger partial charge in [0.25, 0.3) is 0 Å². The Kier molecular flexibility index (Phi) is 7.79. The lowest BCUT2D eigenvalue weighted by molar-refractivity contribution is -0.134. The normalized spacial score (nSPS) is 12.3. The fraction of sp³-hybridized carbons (Fsp3) is 0.154. The van der Waals surface area contributed by atoms with Crippen LogP contribution in [0.25, 0.3) is 0 Å². The molecule has 178 valence electrons. The number of hydrogen-bond acceptors (Lipinski definition) is 8. The number of anilines is 1. The van der Waals surface area contributed by atoms with Gasteiger partial charge in [0, 0.05) is 11.5 Å².